The quantitative estimate of drug-likeness (QED) is 0.721. The summed E-state index contributed by atoms with van der Waals surface area (Å²) in [6.07, 6.45) is 0. The Morgan fingerprint density at radius 3 is 2.42 bits per heavy atom. The van der Waals surface area contributed by atoms with Gasteiger partial charge in [0.05, 0.1) is 13.2 Å². The normalized spacial score (nSPS) is 13.4. The second-order valence-electron chi connectivity index (χ2n) is 6.19. The van der Waals surface area contributed by atoms with Gasteiger partial charge in [0.15, 0.2) is 11.5 Å². The molecule has 1 N–H and O–H groups in total. The predicted octanol–water partition coefficient (Wildman–Crippen LogP) is 4.30. The first-order valence-corrected chi connectivity index (χ1v) is 8.64. The lowest BCUT2D eigenvalue weighted by molar-refractivity contribution is 0.174. The topological polar surface area (TPSA) is 39.7 Å². The van der Waals surface area contributed by atoms with Gasteiger partial charge < -0.3 is 19.5 Å². The molecule has 132 valence electrons. The van der Waals surface area contributed by atoms with E-state index in [0.717, 1.165) is 29.4 Å². The van der Waals surface area contributed by atoms with Gasteiger partial charge in [0, 0.05) is 6.54 Å². The summed E-state index contributed by atoms with van der Waals surface area (Å²) < 4.78 is 16.2. The molecule has 4 rings (SSSR count). The number of hydrogen-bond donors (Lipinski definition) is 1. The summed E-state index contributed by atoms with van der Waals surface area (Å²) in [5, 5.41) is 3.66. The summed E-state index contributed by atoms with van der Waals surface area (Å²) in [6, 6.07) is 24.7. The fraction of sp³-hybridized carbons (Fsp3) is 0.182. The summed E-state index contributed by atoms with van der Waals surface area (Å²) in [5.41, 5.74) is 3.56. The molecule has 1 aliphatic rings. The van der Waals surface area contributed by atoms with Gasteiger partial charge in [0.25, 0.3) is 0 Å². The second kappa shape index (κ2) is 7.50. The van der Waals surface area contributed by atoms with Crippen molar-refractivity contribution in [3.8, 4) is 17.2 Å². The van der Waals surface area contributed by atoms with Gasteiger partial charge in [-0.3, -0.25) is 0 Å². The molecule has 0 unspecified atom stereocenters. The van der Waals surface area contributed by atoms with Crippen LogP contribution in [0.25, 0.3) is 0 Å². The maximum Gasteiger partial charge on any atom is 0.231 e. The third-order valence-electron chi connectivity index (χ3n) is 4.53. The van der Waals surface area contributed by atoms with Gasteiger partial charge in [-0.2, -0.15) is 0 Å². The molecule has 0 radical (unpaired) electrons. The molecule has 4 nitrogen and oxygen atoms in total. The molecule has 0 bridgehead atoms. The number of methoxy groups -OCH3 is 1. The predicted molar refractivity (Wildman–Crippen MR) is 101 cm³/mol. The van der Waals surface area contributed by atoms with Crippen molar-refractivity contribution < 1.29 is 14.2 Å². The fourth-order valence-corrected chi connectivity index (χ4v) is 3.13. The fourth-order valence-electron chi connectivity index (χ4n) is 3.13. The van der Waals surface area contributed by atoms with Crippen molar-refractivity contribution in [2.75, 3.05) is 13.9 Å². The zero-order chi connectivity index (χ0) is 17.8. The second-order valence-corrected chi connectivity index (χ2v) is 6.19. The smallest absolute Gasteiger partial charge is 0.231 e. The molecular formula is C22H21NO3. The Hall–Kier alpha value is -2.98. The Morgan fingerprint density at radius 2 is 1.65 bits per heavy atom. The van der Waals surface area contributed by atoms with Gasteiger partial charge in [-0.25, -0.2) is 0 Å². The third-order valence-corrected chi connectivity index (χ3v) is 4.53. The highest BCUT2D eigenvalue weighted by molar-refractivity contribution is 5.47. The van der Waals surface area contributed by atoms with Gasteiger partial charge in [-0.15, -0.1) is 0 Å². The molecule has 26 heavy (non-hydrogen) atoms. The zero-order valence-electron chi connectivity index (χ0n) is 14.6. The van der Waals surface area contributed by atoms with Gasteiger partial charge in [0.1, 0.15) is 5.75 Å². The number of nitrogens with one attached hydrogen (secondary N) is 1. The molecule has 0 spiro atoms. The summed E-state index contributed by atoms with van der Waals surface area (Å²) >= 11 is 0. The Balaban J connectivity index is 1.59. The molecule has 3 aromatic rings. The molecule has 1 aliphatic heterocycles. The lowest BCUT2D eigenvalue weighted by atomic mass is 9.98. The number of fused-ring (bicyclic) bond motifs is 1. The molecular weight excluding hydrogens is 326 g/mol. The average molecular weight is 347 g/mol. The summed E-state index contributed by atoms with van der Waals surface area (Å²) in [4.78, 5) is 0. The first-order valence-electron chi connectivity index (χ1n) is 8.64. The SMILES string of the molecule is COc1ccc(CN[C@@H](c2ccccc2)c2ccc3c(c2)OCO3)cc1. The van der Waals surface area contributed by atoms with Crippen LogP contribution < -0.4 is 19.5 Å². The average Bonchev–Trinajstić information content (AvgIpc) is 3.17. The highest BCUT2D eigenvalue weighted by atomic mass is 16.7. The first kappa shape index (κ1) is 16.5. The van der Waals surface area contributed by atoms with E-state index >= 15 is 0 Å². The van der Waals surface area contributed by atoms with Crippen LogP contribution in [0.1, 0.15) is 22.7 Å². The van der Waals surface area contributed by atoms with Gasteiger partial charge in [-0.05, 0) is 41.0 Å². The van der Waals surface area contributed by atoms with Crippen LogP contribution >= 0.6 is 0 Å². The van der Waals surface area contributed by atoms with Crippen LogP contribution in [0.2, 0.25) is 0 Å². The molecule has 3 aromatic carbocycles. The molecule has 1 heterocycles. The van der Waals surface area contributed by atoms with Crippen LogP contribution in [0.3, 0.4) is 0 Å². The standard InChI is InChI=1S/C22H21NO3/c1-24-19-10-7-16(8-11-19)14-23-22(17-5-3-2-4-6-17)18-9-12-20-21(13-18)26-15-25-20/h2-13,22-23H,14-15H2,1H3/t22-/m0/s1. The van der Waals surface area contributed by atoms with Crippen molar-refractivity contribution >= 4 is 0 Å². The Morgan fingerprint density at radius 1 is 0.885 bits per heavy atom. The van der Waals surface area contributed by atoms with Crippen LogP contribution in [-0.2, 0) is 6.54 Å². The summed E-state index contributed by atoms with van der Waals surface area (Å²) in [5.74, 6) is 2.47. The van der Waals surface area contributed by atoms with E-state index in [2.05, 4.69) is 53.8 Å². The van der Waals surface area contributed by atoms with E-state index in [1.165, 1.54) is 11.1 Å². The van der Waals surface area contributed by atoms with Gasteiger partial charge in [-0.1, -0.05) is 48.5 Å². The van der Waals surface area contributed by atoms with Crippen molar-refractivity contribution in [2.24, 2.45) is 0 Å². The minimum atomic E-state index is 0.0628. The van der Waals surface area contributed by atoms with E-state index in [-0.39, 0.29) is 12.8 Å². The molecule has 0 saturated heterocycles. The van der Waals surface area contributed by atoms with Crippen molar-refractivity contribution in [3.63, 3.8) is 0 Å². The maximum atomic E-state index is 5.55. The van der Waals surface area contributed by atoms with Gasteiger partial charge in [0.2, 0.25) is 6.79 Å². The minimum absolute atomic E-state index is 0.0628. The van der Waals surface area contributed by atoms with E-state index < -0.39 is 0 Å². The van der Waals surface area contributed by atoms with Crippen LogP contribution in [0.5, 0.6) is 17.2 Å². The van der Waals surface area contributed by atoms with Crippen molar-refractivity contribution in [1.29, 1.82) is 0 Å². The lowest BCUT2D eigenvalue weighted by Crippen LogP contribution is -2.22. The first-order chi connectivity index (χ1) is 12.8. The Bertz CT molecular complexity index is 862. The highest BCUT2D eigenvalue weighted by Gasteiger charge is 2.19. The van der Waals surface area contributed by atoms with E-state index in [1.54, 1.807) is 7.11 Å². The molecule has 1 atom stereocenters. The van der Waals surface area contributed by atoms with Crippen molar-refractivity contribution in [3.05, 3.63) is 89.5 Å². The number of ether oxygens (including phenoxy) is 3. The molecule has 0 saturated carbocycles. The molecule has 0 aromatic heterocycles. The molecule has 4 heteroatoms. The number of rotatable bonds is 6. The third kappa shape index (κ3) is 3.51. The van der Waals surface area contributed by atoms with E-state index in [9.17, 15) is 0 Å². The van der Waals surface area contributed by atoms with Crippen LogP contribution in [0.15, 0.2) is 72.8 Å². The zero-order valence-corrected chi connectivity index (χ0v) is 14.6. The summed E-state index contributed by atoms with van der Waals surface area (Å²) in [6.45, 7) is 1.03. The van der Waals surface area contributed by atoms with E-state index in [1.807, 2.05) is 24.3 Å². The molecule has 0 aliphatic carbocycles. The van der Waals surface area contributed by atoms with Gasteiger partial charge >= 0.3 is 0 Å². The molecule has 0 amide bonds. The van der Waals surface area contributed by atoms with Crippen molar-refractivity contribution in [2.45, 2.75) is 12.6 Å². The molecule has 0 fully saturated rings. The van der Waals surface area contributed by atoms with E-state index in [4.69, 9.17) is 14.2 Å². The Labute approximate surface area is 153 Å². The van der Waals surface area contributed by atoms with Crippen LogP contribution in [0.4, 0.5) is 0 Å². The highest BCUT2D eigenvalue weighted by Crippen LogP contribution is 2.35. The largest absolute Gasteiger partial charge is 0.497 e. The number of hydrogen-bond acceptors (Lipinski definition) is 4. The number of benzene rings is 3. The lowest BCUT2D eigenvalue weighted by Gasteiger charge is -2.20. The van der Waals surface area contributed by atoms with Crippen LogP contribution in [0, 0.1) is 0 Å². The van der Waals surface area contributed by atoms with E-state index in [0.29, 0.717) is 0 Å². The van der Waals surface area contributed by atoms with Crippen molar-refractivity contribution in [1.82, 2.24) is 5.32 Å². The Kier molecular flexibility index (Phi) is 4.75. The maximum absolute atomic E-state index is 5.55. The summed E-state index contributed by atoms with van der Waals surface area (Å²) in [7, 11) is 1.68. The minimum Gasteiger partial charge on any atom is -0.497 e. The monoisotopic (exact) mass is 347 g/mol. The van der Waals surface area contributed by atoms with Crippen LogP contribution in [-0.4, -0.2) is 13.9 Å².